The number of rotatable bonds is 5. The Morgan fingerprint density at radius 3 is 2.48 bits per heavy atom. The molecule has 8 heteroatoms. The molecule has 0 unspecified atom stereocenters. The molecule has 0 saturated carbocycles. The predicted molar refractivity (Wildman–Crippen MR) is 116 cm³/mol. The van der Waals surface area contributed by atoms with Gasteiger partial charge in [-0.2, -0.15) is 0 Å². The third-order valence-corrected chi connectivity index (χ3v) is 5.83. The average molecular weight is 437 g/mol. The van der Waals surface area contributed by atoms with Crippen LogP contribution in [-0.4, -0.2) is 27.6 Å². The van der Waals surface area contributed by atoms with Gasteiger partial charge in [0, 0.05) is 18.0 Å². The van der Waals surface area contributed by atoms with Gasteiger partial charge in [0.25, 0.3) is 5.91 Å². The van der Waals surface area contributed by atoms with E-state index in [-0.39, 0.29) is 24.8 Å². The number of benzene rings is 2. The molecule has 1 aliphatic heterocycles. The van der Waals surface area contributed by atoms with E-state index in [9.17, 15) is 9.59 Å². The molecule has 0 spiro atoms. The second kappa shape index (κ2) is 8.89. The van der Waals surface area contributed by atoms with Crippen molar-refractivity contribution in [2.45, 2.75) is 6.42 Å². The summed E-state index contributed by atoms with van der Waals surface area (Å²) in [7, 11) is 0. The monoisotopic (exact) mass is 436 g/mol. The predicted octanol–water partition coefficient (Wildman–Crippen LogP) is 5.22. The minimum atomic E-state index is -0.243. The summed E-state index contributed by atoms with van der Waals surface area (Å²) in [5, 5.41) is 3.75. The quantitative estimate of drug-likeness (QED) is 0.515. The van der Waals surface area contributed by atoms with Gasteiger partial charge in [0.15, 0.2) is 0 Å². The molecule has 27 heavy (non-hydrogen) atoms. The first-order chi connectivity index (χ1) is 13.0. The van der Waals surface area contributed by atoms with Gasteiger partial charge < -0.3 is 5.32 Å². The van der Waals surface area contributed by atoms with Crippen LogP contribution in [0.5, 0.6) is 0 Å². The van der Waals surface area contributed by atoms with E-state index in [1.54, 1.807) is 36.4 Å². The molecule has 2 amide bonds. The molecule has 1 fully saturated rings. The van der Waals surface area contributed by atoms with Crippen LogP contribution in [0, 0.1) is 0 Å². The number of hydrogen-bond donors (Lipinski definition) is 1. The standard InChI is InChI=1S/C19H14Cl2N2O2S2/c20-13-6-2-1-5-12(13)11-16-18(25)23(19(26)27-16)10-9-17(24)22-15-8-4-3-7-14(15)21/h1-8,11H,9-10H2,(H,22,24)/b16-11+. The molecular weight excluding hydrogens is 423 g/mol. The summed E-state index contributed by atoms with van der Waals surface area (Å²) < 4.78 is 0.420. The molecule has 0 aliphatic carbocycles. The summed E-state index contributed by atoms with van der Waals surface area (Å²) in [6.07, 6.45) is 1.82. The van der Waals surface area contributed by atoms with Gasteiger partial charge in [0.05, 0.1) is 15.6 Å². The Hall–Kier alpha value is -1.86. The topological polar surface area (TPSA) is 49.4 Å². The Labute approximate surface area is 176 Å². The number of carbonyl (C=O) groups is 2. The van der Waals surface area contributed by atoms with E-state index >= 15 is 0 Å². The van der Waals surface area contributed by atoms with Crippen molar-refractivity contribution in [3.8, 4) is 0 Å². The van der Waals surface area contributed by atoms with Crippen molar-refractivity contribution < 1.29 is 9.59 Å². The van der Waals surface area contributed by atoms with E-state index in [2.05, 4.69) is 5.32 Å². The van der Waals surface area contributed by atoms with Crippen molar-refractivity contribution in [3.05, 3.63) is 69.0 Å². The molecule has 0 atom stereocenters. The summed E-state index contributed by atoms with van der Waals surface area (Å²) in [6.45, 7) is 0.195. The summed E-state index contributed by atoms with van der Waals surface area (Å²) in [5.74, 6) is -0.470. The van der Waals surface area contributed by atoms with E-state index in [1.807, 2.05) is 18.2 Å². The summed E-state index contributed by atoms with van der Waals surface area (Å²) >= 11 is 18.7. The Morgan fingerprint density at radius 1 is 1.11 bits per heavy atom. The molecule has 4 nitrogen and oxygen atoms in total. The lowest BCUT2D eigenvalue weighted by Gasteiger charge is -2.14. The third kappa shape index (κ3) is 4.90. The van der Waals surface area contributed by atoms with Crippen LogP contribution in [0.2, 0.25) is 10.0 Å². The zero-order valence-electron chi connectivity index (χ0n) is 13.9. The van der Waals surface area contributed by atoms with Crippen molar-refractivity contribution in [1.29, 1.82) is 0 Å². The third-order valence-electron chi connectivity index (χ3n) is 3.78. The molecule has 1 saturated heterocycles. The second-order valence-electron chi connectivity index (χ2n) is 5.63. The Kier molecular flexibility index (Phi) is 6.55. The lowest BCUT2D eigenvalue weighted by atomic mass is 10.2. The fourth-order valence-electron chi connectivity index (χ4n) is 2.41. The number of anilines is 1. The van der Waals surface area contributed by atoms with Crippen LogP contribution >= 0.6 is 47.2 Å². The first kappa shape index (κ1) is 19.9. The van der Waals surface area contributed by atoms with Crippen LogP contribution in [0.15, 0.2) is 53.4 Å². The number of nitrogens with one attached hydrogen (secondary N) is 1. The number of para-hydroxylation sites is 1. The molecule has 2 aromatic rings. The SMILES string of the molecule is O=C(CCN1C(=O)/C(=C\c2ccccc2Cl)SC1=S)Nc1ccccc1Cl. The Balaban J connectivity index is 1.63. The van der Waals surface area contributed by atoms with Crippen LogP contribution in [0.3, 0.4) is 0 Å². The number of amides is 2. The van der Waals surface area contributed by atoms with E-state index in [4.69, 9.17) is 35.4 Å². The number of nitrogens with zero attached hydrogens (tertiary/aromatic N) is 1. The highest BCUT2D eigenvalue weighted by molar-refractivity contribution is 8.26. The smallest absolute Gasteiger partial charge is 0.266 e. The summed E-state index contributed by atoms with van der Waals surface area (Å²) in [5.41, 5.74) is 1.28. The maximum Gasteiger partial charge on any atom is 0.266 e. The van der Waals surface area contributed by atoms with E-state index in [0.717, 1.165) is 5.56 Å². The molecule has 1 aliphatic rings. The molecule has 3 rings (SSSR count). The van der Waals surface area contributed by atoms with Gasteiger partial charge in [-0.1, -0.05) is 77.5 Å². The first-order valence-electron chi connectivity index (χ1n) is 8.00. The van der Waals surface area contributed by atoms with E-state index in [0.29, 0.717) is 25.0 Å². The van der Waals surface area contributed by atoms with Crippen LogP contribution in [-0.2, 0) is 9.59 Å². The van der Waals surface area contributed by atoms with Crippen LogP contribution < -0.4 is 5.32 Å². The highest BCUT2D eigenvalue weighted by Gasteiger charge is 2.32. The van der Waals surface area contributed by atoms with Gasteiger partial charge in [-0.3, -0.25) is 14.5 Å². The van der Waals surface area contributed by atoms with E-state index in [1.165, 1.54) is 16.7 Å². The van der Waals surface area contributed by atoms with Crippen molar-refractivity contribution >= 4 is 75.1 Å². The molecule has 0 radical (unpaired) electrons. The largest absolute Gasteiger partial charge is 0.325 e. The first-order valence-corrected chi connectivity index (χ1v) is 9.98. The van der Waals surface area contributed by atoms with Crippen molar-refractivity contribution in [2.24, 2.45) is 0 Å². The molecular formula is C19H14Cl2N2O2S2. The van der Waals surface area contributed by atoms with Gasteiger partial charge in [-0.05, 0) is 29.8 Å². The normalized spacial score (nSPS) is 15.5. The molecule has 0 bridgehead atoms. The molecule has 0 aromatic heterocycles. The van der Waals surface area contributed by atoms with Crippen molar-refractivity contribution in [2.75, 3.05) is 11.9 Å². The van der Waals surface area contributed by atoms with Gasteiger partial charge in [0.2, 0.25) is 5.91 Å². The minimum absolute atomic E-state index is 0.108. The van der Waals surface area contributed by atoms with Crippen molar-refractivity contribution in [1.82, 2.24) is 4.90 Å². The lowest BCUT2D eigenvalue weighted by Crippen LogP contribution is -2.31. The number of carbonyl (C=O) groups excluding carboxylic acids is 2. The van der Waals surface area contributed by atoms with Gasteiger partial charge in [0.1, 0.15) is 4.32 Å². The maximum absolute atomic E-state index is 12.6. The highest BCUT2D eigenvalue weighted by atomic mass is 35.5. The zero-order valence-corrected chi connectivity index (χ0v) is 17.1. The minimum Gasteiger partial charge on any atom is -0.325 e. The maximum atomic E-state index is 12.6. The molecule has 138 valence electrons. The number of halogens is 2. The fourth-order valence-corrected chi connectivity index (χ4v) is 4.09. The van der Waals surface area contributed by atoms with Gasteiger partial charge in [-0.25, -0.2) is 0 Å². The lowest BCUT2D eigenvalue weighted by molar-refractivity contribution is -0.122. The highest BCUT2D eigenvalue weighted by Crippen LogP contribution is 2.33. The number of thioether (sulfide) groups is 1. The Bertz CT molecular complexity index is 947. The van der Waals surface area contributed by atoms with Crippen LogP contribution in [0.4, 0.5) is 5.69 Å². The van der Waals surface area contributed by atoms with Crippen LogP contribution in [0.1, 0.15) is 12.0 Å². The zero-order chi connectivity index (χ0) is 19.4. The van der Waals surface area contributed by atoms with Crippen molar-refractivity contribution in [3.63, 3.8) is 0 Å². The average Bonchev–Trinajstić information content (AvgIpc) is 2.90. The fraction of sp³-hybridized carbons (Fsp3) is 0.105. The second-order valence-corrected chi connectivity index (χ2v) is 8.12. The Morgan fingerprint density at radius 2 is 1.78 bits per heavy atom. The molecule has 1 N–H and O–H groups in total. The molecule has 2 aromatic carbocycles. The molecule has 1 heterocycles. The van der Waals surface area contributed by atoms with Gasteiger partial charge in [-0.15, -0.1) is 0 Å². The van der Waals surface area contributed by atoms with Crippen LogP contribution in [0.25, 0.3) is 6.08 Å². The van der Waals surface area contributed by atoms with E-state index < -0.39 is 0 Å². The summed E-state index contributed by atoms with van der Waals surface area (Å²) in [4.78, 5) is 26.7. The summed E-state index contributed by atoms with van der Waals surface area (Å²) in [6, 6.07) is 14.2. The number of thiocarbonyl (C=S) groups is 1. The number of hydrogen-bond acceptors (Lipinski definition) is 4. The van der Waals surface area contributed by atoms with Gasteiger partial charge >= 0.3 is 0 Å².